The molecule has 0 fully saturated rings. The summed E-state index contributed by atoms with van der Waals surface area (Å²) >= 11 is 3.39. The molecule has 1 rings (SSSR count). The van der Waals surface area contributed by atoms with Gasteiger partial charge in [-0.2, -0.15) is 0 Å². The average Bonchev–Trinajstić information content (AvgIpc) is 2.44. The summed E-state index contributed by atoms with van der Waals surface area (Å²) in [7, 11) is 1.85. The number of hydrogen-bond acceptors (Lipinski definition) is 3. The minimum absolute atomic E-state index is 0.0118. The Bertz CT molecular complexity index is 451. The SMILES string of the molecule is CCCNc1ncc(Br)cc1C(=O)N(C)CC(C)CC. The van der Waals surface area contributed by atoms with Crippen LogP contribution in [-0.2, 0) is 0 Å². The Balaban J connectivity index is 2.92. The lowest BCUT2D eigenvalue weighted by Crippen LogP contribution is -2.31. The molecule has 4 nitrogen and oxygen atoms in total. The van der Waals surface area contributed by atoms with Crippen molar-refractivity contribution in [3.8, 4) is 0 Å². The predicted molar refractivity (Wildman–Crippen MR) is 87.1 cm³/mol. The van der Waals surface area contributed by atoms with Gasteiger partial charge in [0.05, 0.1) is 5.56 Å². The third-order valence-electron chi connectivity index (χ3n) is 3.26. The van der Waals surface area contributed by atoms with Gasteiger partial charge in [0.2, 0.25) is 0 Å². The molecule has 1 amide bonds. The van der Waals surface area contributed by atoms with Crippen molar-refractivity contribution in [2.24, 2.45) is 5.92 Å². The van der Waals surface area contributed by atoms with E-state index in [9.17, 15) is 4.79 Å². The van der Waals surface area contributed by atoms with Crippen molar-refractivity contribution in [2.75, 3.05) is 25.5 Å². The maximum atomic E-state index is 12.6. The third-order valence-corrected chi connectivity index (χ3v) is 3.69. The van der Waals surface area contributed by atoms with E-state index in [2.05, 4.69) is 47.0 Å². The summed E-state index contributed by atoms with van der Waals surface area (Å²) in [5, 5.41) is 3.21. The summed E-state index contributed by atoms with van der Waals surface area (Å²) in [6.07, 6.45) is 3.77. The van der Waals surface area contributed by atoms with E-state index in [4.69, 9.17) is 0 Å². The maximum Gasteiger partial charge on any atom is 0.257 e. The van der Waals surface area contributed by atoms with E-state index in [1.54, 1.807) is 11.1 Å². The van der Waals surface area contributed by atoms with E-state index in [1.165, 1.54) is 0 Å². The van der Waals surface area contributed by atoms with Crippen molar-refractivity contribution in [3.05, 3.63) is 22.3 Å². The number of carbonyl (C=O) groups excluding carboxylic acids is 1. The Labute approximate surface area is 130 Å². The van der Waals surface area contributed by atoms with E-state index in [-0.39, 0.29) is 5.91 Å². The van der Waals surface area contributed by atoms with Gasteiger partial charge in [0.1, 0.15) is 5.82 Å². The van der Waals surface area contributed by atoms with Crippen molar-refractivity contribution >= 4 is 27.7 Å². The minimum Gasteiger partial charge on any atom is -0.369 e. The molecule has 0 radical (unpaired) electrons. The van der Waals surface area contributed by atoms with Gasteiger partial charge in [-0.3, -0.25) is 4.79 Å². The van der Waals surface area contributed by atoms with Gasteiger partial charge < -0.3 is 10.2 Å². The van der Waals surface area contributed by atoms with Gasteiger partial charge in [0.15, 0.2) is 0 Å². The lowest BCUT2D eigenvalue weighted by Gasteiger charge is -2.22. The zero-order chi connectivity index (χ0) is 15.1. The van der Waals surface area contributed by atoms with Crippen molar-refractivity contribution in [3.63, 3.8) is 0 Å². The fourth-order valence-electron chi connectivity index (χ4n) is 1.87. The van der Waals surface area contributed by atoms with Crippen LogP contribution >= 0.6 is 15.9 Å². The van der Waals surface area contributed by atoms with Crippen LogP contribution in [0.5, 0.6) is 0 Å². The number of rotatable bonds is 7. The van der Waals surface area contributed by atoms with Gasteiger partial charge in [0.25, 0.3) is 5.91 Å². The summed E-state index contributed by atoms with van der Waals surface area (Å²) in [5.41, 5.74) is 0.624. The lowest BCUT2D eigenvalue weighted by molar-refractivity contribution is 0.0775. The lowest BCUT2D eigenvalue weighted by atomic mass is 10.1. The zero-order valence-corrected chi connectivity index (χ0v) is 14.3. The molecule has 0 spiro atoms. The number of amides is 1. The van der Waals surface area contributed by atoms with Crippen LogP contribution in [0.2, 0.25) is 0 Å². The second-order valence-corrected chi connectivity index (χ2v) is 6.09. The molecule has 1 aromatic rings. The van der Waals surface area contributed by atoms with Crippen molar-refractivity contribution in [2.45, 2.75) is 33.6 Å². The van der Waals surface area contributed by atoms with Crippen molar-refractivity contribution in [1.29, 1.82) is 0 Å². The fraction of sp³-hybridized carbons (Fsp3) is 0.600. The molecule has 1 heterocycles. The van der Waals surface area contributed by atoms with Gasteiger partial charge in [-0.1, -0.05) is 27.2 Å². The van der Waals surface area contributed by atoms with Crippen LogP contribution in [0.3, 0.4) is 0 Å². The Morgan fingerprint density at radius 3 is 2.80 bits per heavy atom. The number of hydrogen-bond donors (Lipinski definition) is 1. The van der Waals surface area contributed by atoms with Crippen molar-refractivity contribution in [1.82, 2.24) is 9.88 Å². The first-order chi connectivity index (χ1) is 9.49. The summed E-state index contributed by atoms with van der Waals surface area (Å²) < 4.78 is 0.819. The van der Waals surface area contributed by atoms with E-state index >= 15 is 0 Å². The molecule has 0 aromatic carbocycles. The largest absolute Gasteiger partial charge is 0.369 e. The third kappa shape index (κ3) is 4.78. The number of nitrogens with zero attached hydrogens (tertiary/aromatic N) is 2. The van der Waals surface area contributed by atoms with E-state index < -0.39 is 0 Å². The molecule has 112 valence electrons. The van der Waals surface area contributed by atoms with Crippen LogP contribution in [-0.4, -0.2) is 35.9 Å². The number of pyridine rings is 1. The maximum absolute atomic E-state index is 12.6. The fourth-order valence-corrected chi connectivity index (χ4v) is 2.20. The molecular weight excluding hydrogens is 318 g/mol. The van der Waals surface area contributed by atoms with Crippen LogP contribution in [0.4, 0.5) is 5.82 Å². The molecule has 1 aromatic heterocycles. The molecule has 0 aliphatic carbocycles. The van der Waals surface area contributed by atoms with Crippen LogP contribution in [0.25, 0.3) is 0 Å². The number of carbonyl (C=O) groups is 1. The van der Waals surface area contributed by atoms with Crippen molar-refractivity contribution < 1.29 is 4.79 Å². The molecule has 0 aliphatic rings. The van der Waals surface area contributed by atoms with Crippen LogP contribution in [0.1, 0.15) is 44.0 Å². The van der Waals surface area contributed by atoms with Crippen LogP contribution in [0.15, 0.2) is 16.7 Å². The topological polar surface area (TPSA) is 45.2 Å². The molecule has 20 heavy (non-hydrogen) atoms. The molecule has 0 saturated carbocycles. The first-order valence-electron chi connectivity index (χ1n) is 7.14. The van der Waals surface area contributed by atoms with E-state index in [0.29, 0.717) is 17.3 Å². The quantitative estimate of drug-likeness (QED) is 0.820. The zero-order valence-electron chi connectivity index (χ0n) is 12.7. The number of halogens is 1. The minimum atomic E-state index is 0.0118. The summed E-state index contributed by atoms with van der Waals surface area (Å²) in [5.74, 6) is 1.17. The van der Waals surface area contributed by atoms with E-state index in [0.717, 1.165) is 30.4 Å². The average molecular weight is 342 g/mol. The Kier molecular flexibility index (Phi) is 6.99. The summed E-state index contributed by atoms with van der Waals surface area (Å²) in [4.78, 5) is 18.6. The highest BCUT2D eigenvalue weighted by atomic mass is 79.9. The van der Waals surface area contributed by atoms with Gasteiger partial charge >= 0.3 is 0 Å². The van der Waals surface area contributed by atoms with E-state index in [1.807, 2.05) is 13.1 Å². The molecule has 0 aliphatic heterocycles. The van der Waals surface area contributed by atoms with Gasteiger partial charge in [-0.15, -0.1) is 0 Å². The highest BCUT2D eigenvalue weighted by Crippen LogP contribution is 2.20. The standard InChI is InChI=1S/C15H24BrN3O/c1-5-7-17-14-13(8-12(16)9-18-14)15(20)19(4)10-11(3)6-2/h8-9,11H,5-7,10H2,1-4H3,(H,17,18). The second kappa shape index (κ2) is 8.25. The Morgan fingerprint density at radius 1 is 1.50 bits per heavy atom. The predicted octanol–water partition coefficient (Wildman–Crippen LogP) is 3.78. The smallest absolute Gasteiger partial charge is 0.257 e. The Morgan fingerprint density at radius 2 is 2.20 bits per heavy atom. The number of nitrogens with one attached hydrogen (secondary N) is 1. The Hall–Kier alpha value is -1.10. The number of aromatic nitrogens is 1. The number of anilines is 1. The molecule has 0 saturated heterocycles. The van der Waals surface area contributed by atoms with Gasteiger partial charge in [-0.05, 0) is 34.3 Å². The molecule has 0 bridgehead atoms. The highest BCUT2D eigenvalue weighted by molar-refractivity contribution is 9.10. The second-order valence-electron chi connectivity index (χ2n) is 5.18. The van der Waals surface area contributed by atoms with Crippen LogP contribution in [0, 0.1) is 5.92 Å². The first kappa shape index (κ1) is 17.0. The van der Waals surface area contributed by atoms with Gasteiger partial charge in [-0.25, -0.2) is 4.98 Å². The summed E-state index contributed by atoms with van der Waals surface area (Å²) in [6, 6.07) is 1.83. The highest BCUT2D eigenvalue weighted by Gasteiger charge is 2.18. The van der Waals surface area contributed by atoms with Crippen LogP contribution < -0.4 is 5.32 Å². The summed E-state index contributed by atoms with van der Waals surface area (Å²) in [6.45, 7) is 7.94. The monoisotopic (exact) mass is 341 g/mol. The first-order valence-corrected chi connectivity index (χ1v) is 7.93. The molecule has 1 atom stereocenters. The molecule has 1 unspecified atom stereocenters. The van der Waals surface area contributed by atoms with Gasteiger partial charge in [0, 0.05) is 30.8 Å². The normalized spacial score (nSPS) is 12.1. The molecular formula is C15H24BrN3O. The molecule has 5 heteroatoms. The molecule has 1 N–H and O–H groups in total.